The molecule has 0 aromatic rings. The van der Waals surface area contributed by atoms with E-state index in [9.17, 15) is 0 Å². The number of ether oxygens (including phenoxy) is 2. The van der Waals surface area contributed by atoms with Crippen LogP contribution in [-0.2, 0) is 9.47 Å². The topological polar surface area (TPSA) is 24.9 Å². The molecule has 3 aliphatic heterocycles. The molecule has 3 saturated heterocycles. The highest BCUT2D eigenvalue weighted by atomic mass is 32.2. The summed E-state index contributed by atoms with van der Waals surface area (Å²) in [6, 6.07) is 0.633. The number of hydrogen-bond acceptors (Lipinski definition) is 5. The van der Waals surface area contributed by atoms with Crippen LogP contribution in [0.5, 0.6) is 0 Å². The second-order valence-corrected chi connectivity index (χ2v) is 6.67. The molecule has 98 valence electrons. The highest BCUT2D eigenvalue weighted by molar-refractivity contribution is 8.00. The fourth-order valence-corrected chi connectivity index (χ4v) is 4.52. The van der Waals surface area contributed by atoms with Crippen molar-refractivity contribution in [1.82, 2.24) is 9.80 Å². The molecular formula is C12H22N2O2S. The Morgan fingerprint density at radius 1 is 1.29 bits per heavy atom. The number of fused-ring (bicyclic) bond motifs is 2. The third-order valence-corrected chi connectivity index (χ3v) is 5.48. The van der Waals surface area contributed by atoms with E-state index in [1.165, 1.54) is 6.42 Å². The zero-order valence-corrected chi connectivity index (χ0v) is 11.5. The third kappa shape index (κ3) is 2.49. The summed E-state index contributed by atoms with van der Waals surface area (Å²) in [5.41, 5.74) is 0.372. The van der Waals surface area contributed by atoms with E-state index in [1.54, 1.807) is 0 Å². The van der Waals surface area contributed by atoms with Crippen LogP contribution in [0.15, 0.2) is 0 Å². The van der Waals surface area contributed by atoms with Crippen molar-refractivity contribution in [3.05, 3.63) is 0 Å². The fraction of sp³-hybridized carbons (Fsp3) is 1.00. The van der Waals surface area contributed by atoms with E-state index in [2.05, 4.69) is 23.8 Å². The smallest absolute Gasteiger partial charge is 0.120 e. The Labute approximate surface area is 108 Å². The molecule has 0 radical (unpaired) electrons. The first kappa shape index (κ1) is 12.2. The normalized spacial score (nSPS) is 40.9. The number of likely N-dealkylation sites (tertiary alicyclic amines) is 1. The molecule has 4 atom stereocenters. The standard InChI is InChI=1S/C12H22N2O2S/c1-9(14-3-5-15-6-4-14)17-12-11-7-10(16-12)8-13(11)2/h9-12H,3-8H2,1-2H3. The van der Waals surface area contributed by atoms with Gasteiger partial charge in [-0.05, 0) is 20.4 Å². The van der Waals surface area contributed by atoms with Gasteiger partial charge in [0, 0.05) is 25.7 Å². The minimum Gasteiger partial charge on any atom is -0.379 e. The van der Waals surface area contributed by atoms with Crippen LogP contribution >= 0.6 is 11.8 Å². The molecule has 3 heterocycles. The highest BCUT2D eigenvalue weighted by Gasteiger charge is 2.45. The van der Waals surface area contributed by atoms with Gasteiger partial charge in [-0.3, -0.25) is 9.80 Å². The van der Waals surface area contributed by atoms with Gasteiger partial charge >= 0.3 is 0 Å². The molecule has 4 unspecified atom stereocenters. The van der Waals surface area contributed by atoms with Crippen LogP contribution in [0.25, 0.3) is 0 Å². The van der Waals surface area contributed by atoms with Crippen LogP contribution in [0.2, 0.25) is 0 Å². The van der Waals surface area contributed by atoms with Crippen LogP contribution in [-0.4, -0.2) is 72.7 Å². The minimum atomic E-state index is 0.372. The van der Waals surface area contributed by atoms with Gasteiger partial charge in [0.1, 0.15) is 5.44 Å². The lowest BCUT2D eigenvalue weighted by Crippen LogP contribution is -2.44. The van der Waals surface area contributed by atoms with Gasteiger partial charge < -0.3 is 9.47 Å². The Morgan fingerprint density at radius 2 is 2.06 bits per heavy atom. The van der Waals surface area contributed by atoms with E-state index in [-0.39, 0.29) is 0 Å². The maximum absolute atomic E-state index is 6.06. The van der Waals surface area contributed by atoms with Crippen LogP contribution in [0.4, 0.5) is 0 Å². The molecule has 3 aliphatic rings. The summed E-state index contributed by atoms with van der Waals surface area (Å²) in [5, 5.41) is 0.539. The largest absolute Gasteiger partial charge is 0.379 e. The Balaban J connectivity index is 1.53. The van der Waals surface area contributed by atoms with E-state index < -0.39 is 0 Å². The Morgan fingerprint density at radius 3 is 2.71 bits per heavy atom. The van der Waals surface area contributed by atoms with Crippen molar-refractivity contribution in [2.45, 2.75) is 36.3 Å². The summed E-state index contributed by atoms with van der Waals surface area (Å²) in [7, 11) is 2.22. The van der Waals surface area contributed by atoms with Crippen LogP contribution < -0.4 is 0 Å². The second-order valence-electron chi connectivity index (χ2n) is 5.25. The summed E-state index contributed by atoms with van der Waals surface area (Å²) in [4.78, 5) is 4.96. The Hall–Kier alpha value is 0.190. The lowest BCUT2D eigenvalue weighted by atomic mass is 10.2. The maximum Gasteiger partial charge on any atom is 0.120 e. The molecule has 0 spiro atoms. The van der Waals surface area contributed by atoms with Crippen molar-refractivity contribution >= 4 is 11.8 Å². The van der Waals surface area contributed by atoms with E-state index in [0.717, 1.165) is 32.8 Å². The van der Waals surface area contributed by atoms with Crippen molar-refractivity contribution in [2.75, 3.05) is 39.9 Å². The van der Waals surface area contributed by atoms with Crippen LogP contribution in [0.1, 0.15) is 13.3 Å². The van der Waals surface area contributed by atoms with Crippen LogP contribution in [0, 0.1) is 0 Å². The summed E-state index contributed by atoms with van der Waals surface area (Å²) in [6.45, 7) is 7.29. The molecule has 0 amide bonds. The fourth-order valence-electron chi connectivity index (χ4n) is 3.02. The number of rotatable bonds is 3. The highest BCUT2D eigenvalue weighted by Crippen LogP contribution is 2.39. The average Bonchev–Trinajstić information content (AvgIpc) is 2.88. The number of hydrogen-bond donors (Lipinski definition) is 0. The molecule has 0 N–H and O–H groups in total. The molecule has 0 aromatic carbocycles. The zero-order chi connectivity index (χ0) is 11.8. The number of thioether (sulfide) groups is 1. The molecule has 2 bridgehead atoms. The van der Waals surface area contributed by atoms with Gasteiger partial charge in [-0.2, -0.15) is 0 Å². The SMILES string of the molecule is CC(SC1OC2CC1N(C)C2)N1CCOCC1. The lowest BCUT2D eigenvalue weighted by molar-refractivity contribution is 0.0169. The maximum atomic E-state index is 6.06. The molecule has 4 nitrogen and oxygen atoms in total. The predicted octanol–water partition coefficient (Wildman–Crippen LogP) is 0.827. The predicted molar refractivity (Wildman–Crippen MR) is 69.1 cm³/mol. The first-order valence-electron chi connectivity index (χ1n) is 6.57. The van der Waals surface area contributed by atoms with Crippen molar-refractivity contribution in [3.8, 4) is 0 Å². The first-order valence-corrected chi connectivity index (χ1v) is 7.51. The van der Waals surface area contributed by atoms with Gasteiger partial charge in [0.15, 0.2) is 0 Å². The molecule has 0 aliphatic carbocycles. The quantitative estimate of drug-likeness (QED) is 0.746. The monoisotopic (exact) mass is 258 g/mol. The van der Waals surface area contributed by atoms with Crippen molar-refractivity contribution in [3.63, 3.8) is 0 Å². The number of likely N-dealkylation sites (N-methyl/N-ethyl adjacent to an activating group) is 1. The third-order valence-electron chi connectivity index (χ3n) is 4.09. The number of nitrogens with zero attached hydrogens (tertiary/aromatic N) is 2. The summed E-state index contributed by atoms with van der Waals surface area (Å²) in [5.74, 6) is 0. The van der Waals surface area contributed by atoms with Gasteiger partial charge in [0.05, 0.1) is 24.7 Å². The van der Waals surface area contributed by atoms with E-state index >= 15 is 0 Å². The minimum absolute atomic E-state index is 0.372. The lowest BCUT2D eigenvalue weighted by Gasteiger charge is -2.36. The van der Waals surface area contributed by atoms with Crippen molar-refractivity contribution < 1.29 is 9.47 Å². The van der Waals surface area contributed by atoms with Gasteiger partial charge in [-0.25, -0.2) is 0 Å². The summed E-state index contributed by atoms with van der Waals surface area (Å²) < 4.78 is 11.5. The summed E-state index contributed by atoms with van der Waals surface area (Å²) in [6.07, 6.45) is 1.71. The zero-order valence-electron chi connectivity index (χ0n) is 10.7. The van der Waals surface area contributed by atoms with Crippen LogP contribution in [0.3, 0.4) is 0 Å². The Kier molecular flexibility index (Phi) is 3.64. The Bertz CT molecular complexity index is 273. The molecule has 0 saturated carbocycles. The molecule has 5 heteroatoms. The molecule has 3 fully saturated rings. The first-order chi connectivity index (χ1) is 8.24. The molecule has 3 rings (SSSR count). The average molecular weight is 258 g/mol. The molecular weight excluding hydrogens is 236 g/mol. The molecule has 0 aromatic heterocycles. The van der Waals surface area contributed by atoms with Gasteiger partial charge in [-0.15, -0.1) is 11.8 Å². The van der Waals surface area contributed by atoms with E-state index in [4.69, 9.17) is 9.47 Å². The van der Waals surface area contributed by atoms with Gasteiger partial charge in [0.25, 0.3) is 0 Å². The number of morpholine rings is 2. The van der Waals surface area contributed by atoms with Crippen molar-refractivity contribution in [1.29, 1.82) is 0 Å². The summed E-state index contributed by atoms with van der Waals surface area (Å²) >= 11 is 1.99. The van der Waals surface area contributed by atoms with E-state index in [1.807, 2.05) is 11.8 Å². The van der Waals surface area contributed by atoms with E-state index in [0.29, 0.717) is 23.0 Å². The molecule has 17 heavy (non-hydrogen) atoms. The van der Waals surface area contributed by atoms with Gasteiger partial charge in [-0.1, -0.05) is 0 Å². The van der Waals surface area contributed by atoms with Crippen molar-refractivity contribution in [2.24, 2.45) is 0 Å². The second kappa shape index (κ2) is 5.05. The van der Waals surface area contributed by atoms with Gasteiger partial charge in [0.2, 0.25) is 0 Å².